The third kappa shape index (κ3) is 14.2. The summed E-state index contributed by atoms with van der Waals surface area (Å²) in [6.07, 6.45) is -8.85. The van der Waals surface area contributed by atoms with Gasteiger partial charge in [0.2, 0.25) is 36.8 Å². The number of nitrogens with one attached hydrogen (secondary N) is 5. The normalized spacial score (nSPS) is 13.5. The number of nitrogens with two attached hydrogens (primary N) is 9. The highest BCUT2D eigenvalue weighted by atomic mass is 16.6. The first-order chi connectivity index (χ1) is 33.0. The van der Waals surface area contributed by atoms with Crippen LogP contribution in [0.15, 0.2) is 99.0 Å². The van der Waals surface area contributed by atoms with E-state index in [2.05, 4.69) is 46.2 Å². The molecule has 0 fully saturated rings. The molecule has 0 aliphatic carbocycles. The van der Waals surface area contributed by atoms with Gasteiger partial charge in [0.1, 0.15) is 6.04 Å². The second-order valence-corrected chi connectivity index (χ2v) is 14.5. The lowest BCUT2D eigenvalue weighted by Crippen LogP contribution is -2.58. The van der Waals surface area contributed by atoms with E-state index in [0.717, 1.165) is 17.0 Å². The molecular formula is C39H49N21O10. The number of amides is 6. The number of pyridine rings is 1. The molecule has 31 nitrogen and oxygen atoms in total. The second kappa shape index (κ2) is 23.4. The average Bonchev–Trinajstić information content (AvgIpc) is 3.29. The Balaban J connectivity index is 1.67. The van der Waals surface area contributed by atoms with E-state index >= 15 is 0 Å². The molecule has 70 heavy (non-hydrogen) atoms. The maximum absolute atomic E-state index is 14.2. The van der Waals surface area contributed by atoms with Crippen LogP contribution in [0.5, 0.6) is 5.75 Å². The van der Waals surface area contributed by atoms with Crippen molar-refractivity contribution >= 4 is 87.1 Å². The highest BCUT2D eigenvalue weighted by molar-refractivity contribution is 6.01. The third-order valence-electron chi connectivity index (χ3n) is 9.21. The minimum absolute atomic E-state index is 0.0301. The maximum Gasteiger partial charge on any atom is 0.311 e. The summed E-state index contributed by atoms with van der Waals surface area (Å²) in [7, 11) is 0. The van der Waals surface area contributed by atoms with Gasteiger partial charge >= 0.3 is 5.69 Å². The number of anilines is 2. The number of hydrogen-bond acceptors (Lipinski definition) is 17. The number of aliphatic hydroxyl groups is 1. The summed E-state index contributed by atoms with van der Waals surface area (Å²) in [6.45, 7) is 0.778. The first-order valence-corrected chi connectivity index (χ1v) is 19.9. The van der Waals surface area contributed by atoms with Gasteiger partial charge in [-0.05, 0) is 48.4 Å². The maximum atomic E-state index is 14.2. The van der Waals surface area contributed by atoms with E-state index in [0.29, 0.717) is 10.9 Å². The van der Waals surface area contributed by atoms with Crippen molar-refractivity contribution in [2.75, 3.05) is 10.6 Å². The number of amidine groups is 1. The van der Waals surface area contributed by atoms with E-state index in [1.807, 2.05) is 5.32 Å². The number of fused-ring (bicyclic) bond motifs is 1. The number of aromatic hydroxyl groups is 1. The van der Waals surface area contributed by atoms with Crippen LogP contribution in [-0.4, -0.2) is 110 Å². The Bertz CT molecular complexity index is 2760. The number of carbonyl (C=O) groups excluding carboxylic acids is 6. The number of phenols is 1. The third-order valence-corrected chi connectivity index (χ3v) is 9.21. The van der Waals surface area contributed by atoms with Gasteiger partial charge in [-0.2, -0.15) is 0 Å². The first kappa shape index (κ1) is 52.6. The summed E-state index contributed by atoms with van der Waals surface area (Å²) in [5, 5.41) is 44.9. The van der Waals surface area contributed by atoms with E-state index in [1.54, 1.807) is 18.2 Å². The molecule has 31 heteroatoms. The summed E-state index contributed by atoms with van der Waals surface area (Å²) in [5.74, 6) is -10.9. The molecule has 0 bridgehead atoms. The van der Waals surface area contributed by atoms with Gasteiger partial charge in [0.15, 0.2) is 23.6 Å². The van der Waals surface area contributed by atoms with Gasteiger partial charge in [-0.3, -0.25) is 43.9 Å². The van der Waals surface area contributed by atoms with Crippen molar-refractivity contribution in [1.29, 1.82) is 0 Å². The van der Waals surface area contributed by atoms with Crippen molar-refractivity contribution in [2.45, 2.75) is 50.4 Å². The van der Waals surface area contributed by atoms with Crippen molar-refractivity contribution in [2.24, 2.45) is 65.8 Å². The molecule has 0 radical (unpaired) electrons. The quantitative estimate of drug-likeness (QED) is 0.00923. The van der Waals surface area contributed by atoms with Crippen LogP contribution in [0.4, 0.5) is 17.1 Å². The Morgan fingerprint density at radius 2 is 1.21 bits per heavy atom. The monoisotopic (exact) mass is 971 g/mol. The minimum Gasteiger partial charge on any atom is -0.502 e. The number of nitro groups is 1. The number of nitrogens with zero attached hydrogens (tertiary/aromatic N) is 7. The lowest BCUT2D eigenvalue weighted by Gasteiger charge is -2.32. The molecule has 6 atom stereocenters. The number of nitrogen functional groups attached to an aromatic ring is 1. The SMILES string of the molecule is CC(N)=NC(NC(=O)C(N=C(N)N)NC(=O)C(N=C(N)N)NC(=O)C(NC(=O)C(O)N(Cc1ccc(O)c([N+](=O)[O-])c1)c1ccc2ncccc2c1N)c1ccccc1)C(=O)NC(N=C(N)N)C(N)=O. The largest absolute Gasteiger partial charge is 0.502 e. The van der Waals surface area contributed by atoms with Crippen LogP contribution in [0.2, 0.25) is 0 Å². The Hall–Kier alpha value is -10.1. The van der Waals surface area contributed by atoms with E-state index in [9.17, 15) is 49.1 Å². The Morgan fingerprint density at radius 3 is 1.74 bits per heavy atom. The van der Waals surface area contributed by atoms with E-state index in [-0.39, 0.29) is 28.3 Å². The molecule has 0 saturated carbocycles. The van der Waals surface area contributed by atoms with Gasteiger partial charge in [0, 0.05) is 24.2 Å². The summed E-state index contributed by atoms with van der Waals surface area (Å²) in [6, 6.07) is 15.1. The highest BCUT2D eigenvalue weighted by Gasteiger charge is 2.35. The zero-order chi connectivity index (χ0) is 52.0. The van der Waals surface area contributed by atoms with Crippen molar-refractivity contribution < 1.29 is 43.9 Å². The standard InChI is InChI=1S/C39H49N21O10/c1-16(40)50-28(32(64)52-27(26(42)62)56-37(43)44)54-34(66)30(58-39(47)48)55-33(65)29(57-38(45)46)53-31(63)25(18-6-3-2-4-7-18)51-35(67)36(68)59(15-17-9-12-23(61)22(14-17)60(69)70)21-11-10-20-19(24(21)41)8-5-13-49-20/h2-14,25,27-30,36,61,68H,15,41H2,1H3,(H2,40,50)(H2,42,62)(H,51,67)(H,52,64)(H,53,63)(H,54,66)(H,55,65)(H4,43,44,56)(H4,45,46,57)(H4,47,48,58). The zero-order valence-corrected chi connectivity index (χ0v) is 36.7. The predicted molar refractivity (Wildman–Crippen MR) is 252 cm³/mol. The van der Waals surface area contributed by atoms with Gasteiger partial charge in [-0.1, -0.05) is 36.4 Å². The number of guanidine groups is 3. The number of phenolic OH excluding ortho intramolecular Hbond substituents is 1. The molecular weight excluding hydrogens is 923 g/mol. The van der Waals surface area contributed by atoms with Gasteiger partial charge in [-0.15, -0.1) is 0 Å². The van der Waals surface area contributed by atoms with Crippen molar-refractivity contribution in [3.05, 3.63) is 100 Å². The molecule has 25 N–H and O–H groups in total. The molecule has 4 aromatic rings. The summed E-state index contributed by atoms with van der Waals surface area (Å²) < 4.78 is 0. The number of primary amides is 1. The number of nitro benzene ring substituents is 1. The van der Waals surface area contributed by atoms with Crippen LogP contribution in [0.25, 0.3) is 10.9 Å². The topological polar surface area (TPSA) is 546 Å². The van der Waals surface area contributed by atoms with Crippen molar-refractivity contribution in [1.82, 2.24) is 31.6 Å². The van der Waals surface area contributed by atoms with Crippen molar-refractivity contribution in [3.8, 4) is 5.75 Å². The molecule has 6 amide bonds. The average molecular weight is 972 g/mol. The number of aliphatic imine (C=N–C) groups is 4. The number of benzene rings is 3. The van der Waals surface area contributed by atoms with Crippen LogP contribution in [0, 0.1) is 10.1 Å². The van der Waals surface area contributed by atoms with E-state index in [1.165, 1.54) is 55.6 Å². The second-order valence-electron chi connectivity index (χ2n) is 14.5. The highest BCUT2D eigenvalue weighted by Crippen LogP contribution is 2.34. The molecule has 0 saturated heterocycles. The smallest absolute Gasteiger partial charge is 0.311 e. The van der Waals surface area contributed by atoms with Gasteiger partial charge < -0.3 is 93.3 Å². The zero-order valence-electron chi connectivity index (χ0n) is 36.7. The molecule has 0 aliphatic rings. The van der Waals surface area contributed by atoms with E-state index < -0.39 is 113 Å². The fraction of sp³-hybridized carbons (Fsp3) is 0.205. The molecule has 3 aromatic carbocycles. The summed E-state index contributed by atoms with van der Waals surface area (Å²) in [5.41, 5.74) is 50.3. The first-order valence-electron chi connectivity index (χ1n) is 19.9. The predicted octanol–water partition coefficient (Wildman–Crippen LogP) is -5.93. The summed E-state index contributed by atoms with van der Waals surface area (Å²) in [4.78, 5) is 112. The van der Waals surface area contributed by atoms with Gasteiger partial charge in [0.25, 0.3) is 29.5 Å². The molecule has 1 aromatic heterocycles. The Morgan fingerprint density at radius 1 is 0.686 bits per heavy atom. The number of hydrogen-bond donors (Lipinski definition) is 16. The number of rotatable bonds is 21. The molecule has 0 aliphatic heterocycles. The molecule has 6 unspecified atom stereocenters. The molecule has 0 spiro atoms. The number of aromatic nitrogens is 1. The Kier molecular flexibility index (Phi) is 17.6. The number of carbonyl (C=O) groups is 6. The van der Waals surface area contributed by atoms with Crippen LogP contribution in [0.1, 0.15) is 24.1 Å². The summed E-state index contributed by atoms with van der Waals surface area (Å²) >= 11 is 0. The fourth-order valence-electron chi connectivity index (χ4n) is 6.18. The van der Waals surface area contributed by atoms with Gasteiger partial charge in [0.05, 0.1) is 27.7 Å². The van der Waals surface area contributed by atoms with Gasteiger partial charge in [-0.25, -0.2) is 20.0 Å². The van der Waals surface area contributed by atoms with Crippen molar-refractivity contribution in [3.63, 3.8) is 0 Å². The fourth-order valence-corrected chi connectivity index (χ4v) is 6.18. The van der Waals surface area contributed by atoms with E-state index in [4.69, 9.17) is 51.6 Å². The Labute approximate surface area is 394 Å². The van der Waals surface area contributed by atoms with Crippen LogP contribution in [-0.2, 0) is 35.3 Å². The molecule has 370 valence electrons. The lowest BCUT2D eigenvalue weighted by atomic mass is 10.1. The molecule has 4 rings (SSSR count). The minimum atomic E-state index is -2.23. The lowest BCUT2D eigenvalue weighted by molar-refractivity contribution is -0.385. The van der Waals surface area contributed by atoms with Crippen LogP contribution in [0.3, 0.4) is 0 Å². The van der Waals surface area contributed by atoms with Crippen LogP contribution < -0.4 is 83.1 Å². The van der Waals surface area contributed by atoms with Crippen LogP contribution >= 0.6 is 0 Å². The number of aliphatic hydroxyl groups excluding tert-OH is 1. The molecule has 1 heterocycles.